The third-order valence-electron chi connectivity index (χ3n) is 6.13. The van der Waals surface area contributed by atoms with E-state index in [2.05, 4.69) is 5.32 Å². The molecule has 0 unspecified atom stereocenters. The monoisotopic (exact) mass is 518 g/mol. The summed E-state index contributed by atoms with van der Waals surface area (Å²) in [6.07, 6.45) is 4.40. The second-order valence-corrected chi connectivity index (χ2v) is 10.5. The van der Waals surface area contributed by atoms with Gasteiger partial charge in [0.2, 0.25) is 15.9 Å². The normalized spacial score (nSPS) is 14.3. The number of carbonyl (C=O) groups is 2. The predicted octanol–water partition coefficient (Wildman–Crippen LogP) is 3.77. The first-order valence-corrected chi connectivity index (χ1v) is 13.5. The molecule has 0 atom stereocenters. The van der Waals surface area contributed by atoms with Gasteiger partial charge >= 0.3 is 5.97 Å². The number of rotatable bonds is 11. The van der Waals surface area contributed by atoms with E-state index in [9.17, 15) is 18.0 Å². The largest absolute Gasteiger partial charge is 0.493 e. The first kappa shape index (κ1) is 27.5. The lowest BCUT2D eigenvalue weighted by Gasteiger charge is -2.33. The van der Waals surface area contributed by atoms with E-state index in [1.807, 2.05) is 0 Å². The van der Waals surface area contributed by atoms with E-state index in [4.69, 9.17) is 14.2 Å². The molecular formula is C26H34N2O7S. The van der Waals surface area contributed by atoms with E-state index in [1.165, 1.54) is 30.7 Å². The molecule has 10 heteroatoms. The van der Waals surface area contributed by atoms with E-state index in [0.717, 1.165) is 24.8 Å². The summed E-state index contributed by atoms with van der Waals surface area (Å²) in [4.78, 5) is 24.7. The summed E-state index contributed by atoms with van der Waals surface area (Å²) in [5.41, 5.74) is 1.27. The molecule has 1 fully saturated rings. The molecule has 1 amide bonds. The third kappa shape index (κ3) is 6.98. The first-order valence-electron chi connectivity index (χ1n) is 12.1. The zero-order valence-electron chi connectivity index (χ0n) is 21.0. The number of hydrogen-bond donors (Lipinski definition) is 1. The number of esters is 1. The van der Waals surface area contributed by atoms with Gasteiger partial charge in [0.1, 0.15) is 0 Å². The summed E-state index contributed by atoms with van der Waals surface area (Å²) >= 11 is 0. The van der Waals surface area contributed by atoms with Gasteiger partial charge in [0.15, 0.2) is 11.5 Å². The first-order chi connectivity index (χ1) is 17.3. The number of methoxy groups -OCH3 is 2. The van der Waals surface area contributed by atoms with E-state index in [1.54, 1.807) is 37.3 Å². The second kappa shape index (κ2) is 12.7. The van der Waals surface area contributed by atoms with Crippen LogP contribution in [0.4, 0.5) is 5.69 Å². The summed E-state index contributed by atoms with van der Waals surface area (Å²) in [6, 6.07) is 11.0. The van der Waals surface area contributed by atoms with Crippen LogP contribution in [0.25, 0.3) is 0 Å². The van der Waals surface area contributed by atoms with E-state index in [0.29, 0.717) is 36.6 Å². The average Bonchev–Trinajstić information content (AvgIpc) is 2.88. The zero-order chi connectivity index (χ0) is 26.1. The van der Waals surface area contributed by atoms with Crippen LogP contribution in [0.1, 0.15) is 44.6 Å². The van der Waals surface area contributed by atoms with Crippen LogP contribution < -0.4 is 14.8 Å². The van der Waals surface area contributed by atoms with Gasteiger partial charge in [-0.1, -0.05) is 31.4 Å². The van der Waals surface area contributed by atoms with Gasteiger partial charge in [-0.05, 0) is 49.6 Å². The molecule has 36 heavy (non-hydrogen) atoms. The molecule has 1 N–H and O–H groups in total. The smallest absolute Gasteiger partial charge is 0.310 e. The number of nitrogens with one attached hydrogen (secondary N) is 1. The molecule has 0 heterocycles. The van der Waals surface area contributed by atoms with Crippen LogP contribution in [-0.4, -0.2) is 58.0 Å². The van der Waals surface area contributed by atoms with Crippen LogP contribution >= 0.6 is 0 Å². The van der Waals surface area contributed by atoms with Crippen molar-refractivity contribution >= 4 is 27.6 Å². The van der Waals surface area contributed by atoms with Gasteiger partial charge in [-0.25, -0.2) is 8.42 Å². The topological polar surface area (TPSA) is 111 Å². The fourth-order valence-corrected chi connectivity index (χ4v) is 5.98. The molecule has 1 aliphatic rings. The Morgan fingerprint density at radius 3 is 2.25 bits per heavy atom. The fraction of sp³-hybridized carbons (Fsp3) is 0.462. The molecule has 196 valence electrons. The minimum absolute atomic E-state index is 0.0434. The van der Waals surface area contributed by atoms with Gasteiger partial charge in [-0.2, -0.15) is 4.31 Å². The van der Waals surface area contributed by atoms with Gasteiger partial charge in [0, 0.05) is 17.8 Å². The molecule has 1 saturated carbocycles. The second-order valence-electron chi connectivity index (χ2n) is 8.59. The van der Waals surface area contributed by atoms with Crippen molar-refractivity contribution in [3.63, 3.8) is 0 Å². The Morgan fingerprint density at radius 2 is 1.64 bits per heavy atom. The molecular weight excluding hydrogens is 484 g/mol. The molecule has 2 aromatic carbocycles. The lowest BCUT2D eigenvalue weighted by Crippen LogP contribution is -2.45. The van der Waals surface area contributed by atoms with Crippen LogP contribution in [0.15, 0.2) is 47.4 Å². The summed E-state index contributed by atoms with van der Waals surface area (Å²) in [6.45, 7) is 1.75. The van der Waals surface area contributed by atoms with Gasteiger partial charge < -0.3 is 19.5 Å². The molecule has 2 aromatic rings. The third-order valence-corrected chi connectivity index (χ3v) is 8.03. The van der Waals surface area contributed by atoms with Gasteiger partial charge in [0.25, 0.3) is 0 Å². The van der Waals surface area contributed by atoms with Crippen LogP contribution in [-0.2, 0) is 30.8 Å². The van der Waals surface area contributed by atoms with Crippen molar-refractivity contribution in [2.24, 2.45) is 0 Å². The Morgan fingerprint density at radius 1 is 0.972 bits per heavy atom. The highest BCUT2D eigenvalue weighted by Gasteiger charge is 2.34. The highest BCUT2D eigenvalue weighted by molar-refractivity contribution is 7.89. The molecule has 0 spiro atoms. The predicted molar refractivity (Wildman–Crippen MR) is 136 cm³/mol. The number of carbonyl (C=O) groups excluding carboxylic acids is 2. The van der Waals surface area contributed by atoms with E-state index in [-0.39, 0.29) is 29.9 Å². The van der Waals surface area contributed by atoms with Crippen molar-refractivity contribution in [2.45, 2.75) is 56.4 Å². The number of hydrogen-bond acceptors (Lipinski definition) is 7. The zero-order valence-corrected chi connectivity index (χ0v) is 21.8. The molecule has 0 bridgehead atoms. The maximum Gasteiger partial charge on any atom is 0.310 e. The standard InChI is InChI=1S/C26H34N2O7S/c1-4-35-26(30)16-19-10-12-20(13-11-19)27-25(29)18-28(21-8-6-5-7-9-21)36(31,32)22-14-15-23(33-2)24(17-22)34-3/h10-15,17,21H,4-9,16,18H2,1-3H3,(H,27,29). The average molecular weight is 519 g/mol. The Labute approximate surface area is 212 Å². The quantitative estimate of drug-likeness (QED) is 0.451. The summed E-state index contributed by atoms with van der Waals surface area (Å²) < 4.78 is 44.2. The SMILES string of the molecule is CCOC(=O)Cc1ccc(NC(=O)CN(C2CCCCC2)S(=O)(=O)c2ccc(OC)c(OC)c2)cc1. The molecule has 0 radical (unpaired) electrons. The van der Waals surface area contributed by atoms with Crippen LogP contribution in [0.2, 0.25) is 0 Å². The maximum absolute atomic E-state index is 13.7. The lowest BCUT2D eigenvalue weighted by molar-refractivity contribution is -0.142. The summed E-state index contributed by atoms with van der Waals surface area (Å²) in [5, 5.41) is 2.78. The van der Waals surface area contributed by atoms with Gasteiger partial charge in [-0.15, -0.1) is 0 Å². The summed E-state index contributed by atoms with van der Waals surface area (Å²) in [5.74, 6) is -0.0418. The number of amides is 1. The number of anilines is 1. The van der Waals surface area contributed by atoms with Crippen LogP contribution in [0, 0.1) is 0 Å². The van der Waals surface area contributed by atoms with Crippen LogP contribution in [0.5, 0.6) is 11.5 Å². The van der Waals surface area contributed by atoms with Crippen molar-refractivity contribution in [3.8, 4) is 11.5 Å². The lowest BCUT2D eigenvalue weighted by atomic mass is 9.95. The van der Waals surface area contributed by atoms with Crippen LogP contribution in [0.3, 0.4) is 0 Å². The number of ether oxygens (including phenoxy) is 3. The van der Waals surface area contributed by atoms with Crippen molar-refractivity contribution in [3.05, 3.63) is 48.0 Å². The molecule has 3 rings (SSSR count). The minimum Gasteiger partial charge on any atom is -0.493 e. The Bertz CT molecular complexity index is 1140. The van der Waals surface area contributed by atoms with Crippen molar-refractivity contribution in [1.29, 1.82) is 0 Å². The van der Waals surface area contributed by atoms with Gasteiger partial charge in [0.05, 0.1) is 38.7 Å². The number of benzene rings is 2. The van der Waals surface area contributed by atoms with Crippen molar-refractivity contribution < 1.29 is 32.2 Å². The minimum atomic E-state index is -3.99. The Balaban J connectivity index is 1.78. The van der Waals surface area contributed by atoms with E-state index < -0.39 is 15.9 Å². The highest BCUT2D eigenvalue weighted by Crippen LogP contribution is 2.33. The molecule has 0 aromatic heterocycles. The number of sulfonamides is 1. The molecule has 1 aliphatic carbocycles. The van der Waals surface area contributed by atoms with Gasteiger partial charge in [-0.3, -0.25) is 9.59 Å². The Kier molecular flexibility index (Phi) is 9.72. The number of nitrogens with zero attached hydrogens (tertiary/aromatic N) is 1. The molecule has 0 saturated heterocycles. The fourth-order valence-electron chi connectivity index (χ4n) is 4.32. The van der Waals surface area contributed by atoms with E-state index >= 15 is 0 Å². The molecule has 0 aliphatic heterocycles. The molecule has 9 nitrogen and oxygen atoms in total. The van der Waals surface area contributed by atoms with Crippen molar-refractivity contribution in [2.75, 3.05) is 32.7 Å². The maximum atomic E-state index is 13.7. The summed E-state index contributed by atoms with van der Waals surface area (Å²) in [7, 11) is -1.06. The van der Waals surface area contributed by atoms with Crippen molar-refractivity contribution in [1.82, 2.24) is 4.31 Å². The highest BCUT2D eigenvalue weighted by atomic mass is 32.2. The Hall–Kier alpha value is -3.11.